The zero-order valence-corrected chi connectivity index (χ0v) is 20.6. The van der Waals surface area contributed by atoms with E-state index in [0.717, 1.165) is 62.2 Å². The van der Waals surface area contributed by atoms with E-state index in [1.165, 1.54) is 36.9 Å². The summed E-state index contributed by atoms with van der Waals surface area (Å²) in [5.74, 6) is 2.65. The van der Waals surface area contributed by atoms with Gasteiger partial charge < -0.3 is 10.6 Å². The molecule has 2 aromatic rings. The van der Waals surface area contributed by atoms with Crippen LogP contribution in [0.4, 0.5) is 0 Å². The fraction of sp³-hybridized carbons (Fsp3) is 0.731. The van der Waals surface area contributed by atoms with Gasteiger partial charge in [-0.1, -0.05) is 12.8 Å². The minimum Gasteiger partial charge on any atom is -0.334 e. The number of likely N-dealkylation sites (tertiary alicyclic amines) is 1. The van der Waals surface area contributed by atoms with Crippen LogP contribution in [0, 0.1) is 18.8 Å². The summed E-state index contributed by atoms with van der Waals surface area (Å²) in [6, 6.07) is 2.53. The van der Waals surface area contributed by atoms with Gasteiger partial charge in [0.15, 0.2) is 5.65 Å². The first-order chi connectivity index (χ1) is 16.1. The van der Waals surface area contributed by atoms with Gasteiger partial charge in [0, 0.05) is 41.8 Å². The molecule has 2 aliphatic carbocycles. The van der Waals surface area contributed by atoms with Gasteiger partial charge in [0.05, 0.1) is 23.3 Å². The maximum absolute atomic E-state index is 13.8. The van der Waals surface area contributed by atoms with Crippen LogP contribution in [-0.4, -0.2) is 49.0 Å². The van der Waals surface area contributed by atoms with Crippen LogP contribution in [0.3, 0.4) is 0 Å². The summed E-state index contributed by atoms with van der Waals surface area (Å²) in [7, 11) is 0. The second kappa shape index (κ2) is 8.88. The first-order valence-corrected chi connectivity index (χ1v) is 14.2. The maximum atomic E-state index is 13.8. The molecule has 6 atom stereocenters. The minimum absolute atomic E-state index is 0.0873. The summed E-state index contributed by atoms with van der Waals surface area (Å²) in [5.41, 5.74) is 10.5. The van der Waals surface area contributed by atoms with Gasteiger partial charge in [0.25, 0.3) is 0 Å². The Kier molecular flexibility index (Phi) is 5.89. The normalized spacial score (nSPS) is 34.7. The lowest BCUT2D eigenvalue weighted by atomic mass is 9.79. The molecule has 178 valence electrons. The highest BCUT2D eigenvalue weighted by atomic mass is 32.2. The molecule has 6 rings (SSSR count). The van der Waals surface area contributed by atoms with Crippen LogP contribution in [0.5, 0.6) is 0 Å². The van der Waals surface area contributed by atoms with Gasteiger partial charge in [-0.25, -0.2) is 9.50 Å². The molecule has 7 heteroatoms. The number of aryl methyl sites for hydroxylation is 1. The standard InChI is InChI=1S/C26H37N5OS/c1-16-14-31-24(28-25(16)17-9-10-18(27)12-17)13-21(29-31)22-7-4-5-11-30(22)26(32)20-15-33-23-8-3-2-6-19(20)23/h13-14,17-20,22-23H,2-12,15,27H2,1H3/t17?,18-,19?,20?,22-,23?/m0/s1. The third kappa shape index (κ3) is 3.99. The Morgan fingerprint density at radius 1 is 1.12 bits per heavy atom. The number of rotatable bonds is 3. The molecule has 4 aliphatic rings. The first kappa shape index (κ1) is 21.9. The number of fused-ring (bicyclic) bond motifs is 2. The largest absolute Gasteiger partial charge is 0.334 e. The lowest BCUT2D eigenvalue weighted by molar-refractivity contribution is -0.140. The van der Waals surface area contributed by atoms with Crippen molar-refractivity contribution in [2.24, 2.45) is 17.6 Å². The summed E-state index contributed by atoms with van der Waals surface area (Å²) < 4.78 is 1.93. The van der Waals surface area contributed by atoms with E-state index in [4.69, 9.17) is 15.8 Å². The summed E-state index contributed by atoms with van der Waals surface area (Å²) in [6.45, 7) is 3.01. The smallest absolute Gasteiger partial charge is 0.227 e. The van der Waals surface area contributed by atoms with Crippen LogP contribution in [0.15, 0.2) is 12.3 Å². The molecule has 6 nitrogen and oxygen atoms in total. The number of carbonyl (C=O) groups excluding carboxylic acids is 1. The number of piperidine rings is 1. The van der Waals surface area contributed by atoms with Gasteiger partial charge in [0.1, 0.15) is 0 Å². The van der Waals surface area contributed by atoms with Gasteiger partial charge in [-0.2, -0.15) is 16.9 Å². The van der Waals surface area contributed by atoms with Crippen molar-refractivity contribution < 1.29 is 4.79 Å². The summed E-state index contributed by atoms with van der Waals surface area (Å²) in [6.07, 6.45) is 13.8. The van der Waals surface area contributed by atoms with Crippen LogP contribution in [0.25, 0.3) is 5.65 Å². The summed E-state index contributed by atoms with van der Waals surface area (Å²) in [5, 5.41) is 5.66. The number of amides is 1. The molecular weight excluding hydrogens is 430 g/mol. The molecule has 1 amide bonds. The van der Waals surface area contributed by atoms with Crippen LogP contribution in [0.2, 0.25) is 0 Å². The zero-order valence-electron chi connectivity index (χ0n) is 19.8. The highest BCUT2D eigenvalue weighted by Gasteiger charge is 2.45. The predicted molar refractivity (Wildman–Crippen MR) is 132 cm³/mol. The fourth-order valence-electron chi connectivity index (χ4n) is 7.00. The summed E-state index contributed by atoms with van der Waals surface area (Å²) in [4.78, 5) is 21.1. The highest BCUT2D eigenvalue weighted by molar-refractivity contribution is 8.00. The average molecular weight is 468 g/mol. The zero-order chi connectivity index (χ0) is 22.5. The van der Waals surface area contributed by atoms with Crippen molar-refractivity contribution in [3.05, 3.63) is 29.2 Å². The van der Waals surface area contributed by atoms with Crippen molar-refractivity contribution in [2.45, 2.75) is 94.4 Å². The Morgan fingerprint density at radius 3 is 2.82 bits per heavy atom. The predicted octanol–water partition coefficient (Wildman–Crippen LogP) is 4.61. The molecule has 4 heterocycles. The van der Waals surface area contributed by atoms with Gasteiger partial charge in [-0.15, -0.1) is 0 Å². The van der Waals surface area contributed by atoms with E-state index in [-0.39, 0.29) is 12.0 Å². The number of hydrogen-bond acceptors (Lipinski definition) is 5. The fourth-order valence-corrected chi connectivity index (χ4v) is 8.75. The number of hydrogen-bond donors (Lipinski definition) is 1. The molecule has 2 saturated heterocycles. The first-order valence-electron chi connectivity index (χ1n) is 13.1. The molecular formula is C26H37N5OS. The number of carbonyl (C=O) groups is 1. The van der Waals surface area contributed by atoms with E-state index < -0.39 is 0 Å². The van der Waals surface area contributed by atoms with E-state index in [9.17, 15) is 4.79 Å². The maximum Gasteiger partial charge on any atom is 0.227 e. The Bertz CT molecular complexity index is 1040. The van der Waals surface area contributed by atoms with Crippen LogP contribution in [-0.2, 0) is 4.79 Å². The summed E-state index contributed by atoms with van der Waals surface area (Å²) >= 11 is 2.06. The van der Waals surface area contributed by atoms with E-state index in [0.29, 0.717) is 29.0 Å². The quantitative estimate of drug-likeness (QED) is 0.713. The van der Waals surface area contributed by atoms with E-state index in [1.54, 1.807) is 0 Å². The molecule has 2 saturated carbocycles. The Morgan fingerprint density at radius 2 is 1.97 bits per heavy atom. The van der Waals surface area contributed by atoms with Gasteiger partial charge in [0.2, 0.25) is 5.91 Å². The molecule has 2 aliphatic heterocycles. The molecule has 4 fully saturated rings. The SMILES string of the molecule is Cc1cn2nc([C@@H]3CCCCN3C(=O)C3CSC4CCCCC43)cc2nc1C1CC[C@H](N)C1. The Balaban J connectivity index is 1.27. The number of nitrogens with zero attached hydrogens (tertiary/aromatic N) is 4. The van der Waals surface area contributed by atoms with E-state index in [2.05, 4.69) is 35.8 Å². The van der Waals surface area contributed by atoms with E-state index >= 15 is 0 Å². The third-order valence-electron chi connectivity index (χ3n) is 8.75. The monoisotopic (exact) mass is 467 g/mol. The molecule has 33 heavy (non-hydrogen) atoms. The molecule has 0 aromatic carbocycles. The molecule has 0 radical (unpaired) electrons. The van der Waals surface area contributed by atoms with Crippen molar-refractivity contribution in [3.8, 4) is 0 Å². The van der Waals surface area contributed by atoms with Crippen LogP contribution in [0.1, 0.15) is 93.1 Å². The number of aromatic nitrogens is 3. The van der Waals surface area contributed by atoms with E-state index in [1.807, 2.05) is 4.52 Å². The number of thioether (sulfide) groups is 1. The molecule has 2 N–H and O–H groups in total. The molecule has 0 bridgehead atoms. The average Bonchev–Trinajstić information content (AvgIpc) is 3.55. The Hall–Kier alpha value is -1.60. The van der Waals surface area contributed by atoms with Crippen molar-refractivity contribution >= 4 is 23.3 Å². The Labute approximate surface area is 201 Å². The third-order valence-corrected chi connectivity index (χ3v) is 10.3. The van der Waals surface area contributed by atoms with Crippen molar-refractivity contribution in [2.75, 3.05) is 12.3 Å². The van der Waals surface area contributed by atoms with Gasteiger partial charge in [-0.05, 0) is 69.8 Å². The van der Waals surface area contributed by atoms with Crippen molar-refractivity contribution in [1.82, 2.24) is 19.5 Å². The molecule has 0 spiro atoms. The lowest BCUT2D eigenvalue weighted by Crippen LogP contribution is -2.44. The van der Waals surface area contributed by atoms with Crippen molar-refractivity contribution in [1.29, 1.82) is 0 Å². The van der Waals surface area contributed by atoms with Crippen molar-refractivity contribution in [3.63, 3.8) is 0 Å². The van der Waals surface area contributed by atoms with Gasteiger partial charge >= 0.3 is 0 Å². The number of nitrogens with two attached hydrogens (primary N) is 1. The van der Waals surface area contributed by atoms with Gasteiger partial charge in [-0.3, -0.25) is 4.79 Å². The highest BCUT2D eigenvalue weighted by Crippen LogP contribution is 2.47. The minimum atomic E-state index is 0.0873. The molecule has 2 aromatic heterocycles. The second-order valence-corrected chi connectivity index (χ2v) is 12.2. The molecule has 4 unspecified atom stereocenters. The van der Waals surface area contributed by atoms with Crippen LogP contribution < -0.4 is 5.73 Å². The lowest BCUT2D eigenvalue weighted by Gasteiger charge is -2.38. The van der Waals surface area contributed by atoms with Crippen LogP contribution >= 0.6 is 11.8 Å². The second-order valence-electron chi connectivity index (χ2n) is 10.9. The topological polar surface area (TPSA) is 76.5 Å².